The highest BCUT2D eigenvalue weighted by Crippen LogP contribution is 2.22. The number of carbonyl (C=O) groups is 2. The first kappa shape index (κ1) is 19.5. The number of nitrogens with zero attached hydrogens (tertiary/aromatic N) is 3. The second kappa shape index (κ2) is 8.31. The number of benzene rings is 2. The molecule has 4 rings (SSSR count). The van der Waals surface area contributed by atoms with E-state index in [-0.39, 0.29) is 11.8 Å². The van der Waals surface area contributed by atoms with Crippen molar-refractivity contribution >= 4 is 33.4 Å². The van der Waals surface area contributed by atoms with E-state index < -0.39 is 6.04 Å². The fraction of sp³-hybridized carbons (Fsp3) is 0.318. The van der Waals surface area contributed by atoms with Crippen LogP contribution in [0, 0.1) is 6.92 Å². The molecule has 29 heavy (non-hydrogen) atoms. The minimum Gasteiger partial charge on any atom is -0.378 e. The number of thiazole rings is 1. The molecule has 1 aromatic heterocycles. The number of hydrogen-bond donors (Lipinski definition) is 0. The molecule has 1 fully saturated rings. The van der Waals surface area contributed by atoms with Crippen LogP contribution in [0.2, 0.25) is 0 Å². The molecule has 0 saturated carbocycles. The summed E-state index contributed by atoms with van der Waals surface area (Å²) in [7, 11) is 0. The first-order valence-electron chi connectivity index (χ1n) is 9.67. The topological polar surface area (TPSA) is 63.9 Å². The van der Waals surface area contributed by atoms with E-state index in [1.165, 1.54) is 11.3 Å². The van der Waals surface area contributed by atoms with E-state index >= 15 is 0 Å². The number of para-hydroxylation sites is 1. The third-order valence-electron chi connectivity index (χ3n) is 5.10. The van der Waals surface area contributed by atoms with Crippen molar-refractivity contribution in [1.82, 2.24) is 9.47 Å². The van der Waals surface area contributed by atoms with Crippen LogP contribution in [0.3, 0.4) is 0 Å². The molecule has 1 saturated heterocycles. The maximum atomic E-state index is 13.1. The van der Waals surface area contributed by atoms with Crippen molar-refractivity contribution in [1.29, 1.82) is 0 Å². The van der Waals surface area contributed by atoms with E-state index in [1.807, 2.05) is 59.7 Å². The lowest BCUT2D eigenvalue weighted by Crippen LogP contribution is -2.44. The standard InChI is InChI=1S/C22H23N3O3S/c1-15-7-9-17(10-8-15)20(26)23-22-25(18-5-3-4-6-19(18)29-22)16(2)21(27)24-11-13-28-14-12-24/h3-10,16H,11-14H2,1-2H3. The molecule has 1 unspecified atom stereocenters. The van der Waals surface area contributed by atoms with Crippen molar-refractivity contribution in [3.63, 3.8) is 0 Å². The van der Waals surface area contributed by atoms with E-state index in [9.17, 15) is 9.59 Å². The van der Waals surface area contributed by atoms with Gasteiger partial charge >= 0.3 is 0 Å². The number of aryl methyl sites for hydroxylation is 1. The van der Waals surface area contributed by atoms with Gasteiger partial charge < -0.3 is 14.2 Å². The Kier molecular flexibility index (Phi) is 5.60. The molecule has 3 aromatic rings. The number of rotatable bonds is 3. The predicted molar refractivity (Wildman–Crippen MR) is 113 cm³/mol. The van der Waals surface area contributed by atoms with Gasteiger partial charge in [-0.3, -0.25) is 9.59 Å². The Balaban J connectivity index is 1.77. The zero-order valence-electron chi connectivity index (χ0n) is 16.5. The summed E-state index contributed by atoms with van der Waals surface area (Å²) in [5.74, 6) is -0.294. The fourth-order valence-corrected chi connectivity index (χ4v) is 4.55. The molecule has 150 valence electrons. The van der Waals surface area contributed by atoms with Gasteiger partial charge in [-0.15, -0.1) is 0 Å². The molecule has 0 spiro atoms. The van der Waals surface area contributed by atoms with Crippen molar-refractivity contribution < 1.29 is 14.3 Å². The maximum Gasteiger partial charge on any atom is 0.279 e. The van der Waals surface area contributed by atoms with Crippen LogP contribution in [0.1, 0.15) is 28.9 Å². The number of amides is 2. The number of morpholine rings is 1. The van der Waals surface area contributed by atoms with Crippen molar-refractivity contribution in [2.24, 2.45) is 4.99 Å². The summed E-state index contributed by atoms with van der Waals surface area (Å²) in [6.45, 7) is 6.12. The Morgan fingerprint density at radius 1 is 1.07 bits per heavy atom. The highest BCUT2D eigenvalue weighted by molar-refractivity contribution is 7.16. The molecule has 6 nitrogen and oxygen atoms in total. The number of ether oxygens (including phenoxy) is 1. The average Bonchev–Trinajstić information content (AvgIpc) is 3.11. The average molecular weight is 410 g/mol. The molecular weight excluding hydrogens is 386 g/mol. The summed E-state index contributed by atoms with van der Waals surface area (Å²) in [4.78, 5) is 32.6. The van der Waals surface area contributed by atoms with Gasteiger partial charge in [0.05, 0.1) is 23.4 Å². The van der Waals surface area contributed by atoms with Gasteiger partial charge in [-0.05, 0) is 38.1 Å². The minimum atomic E-state index is -0.464. The molecule has 0 N–H and O–H groups in total. The Labute approximate surface area is 173 Å². The molecule has 0 radical (unpaired) electrons. The molecule has 2 amide bonds. The van der Waals surface area contributed by atoms with Gasteiger partial charge in [0.15, 0.2) is 4.80 Å². The molecule has 2 aromatic carbocycles. The second-order valence-electron chi connectivity index (χ2n) is 7.12. The Morgan fingerprint density at radius 3 is 2.48 bits per heavy atom. The Bertz CT molecular complexity index is 1110. The van der Waals surface area contributed by atoms with Gasteiger partial charge in [0.2, 0.25) is 5.91 Å². The lowest BCUT2D eigenvalue weighted by molar-refractivity contribution is -0.138. The van der Waals surface area contributed by atoms with Gasteiger partial charge in [0.1, 0.15) is 6.04 Å². The number of fused-ring (bicyclic) bond motifs is 1. The molecule has 2 heterocycles. The maximum absolute atomic E-state index is 13.1. The largest absolute Gasteiger partial charge is 0.378 e. The SMILES string of the molecule is Cc1ccc(C(=O)N=c2sc3ccccc3n2C(C)C(=O)N2CCOCC2)cc1. The number of aromatic nitrogens is 1. The van der Waals surface area contributed by atoms with Gasteiger partial charge in [-0.25, -0.2) is 0 Å². The van der Waals surface area contributed by atoms with Crippen LogP contribution < -0.4 is 4.80 Å². The normalized spacial score (nSPS) is 16.2. The monoisotopic (exact) mass is 409 g/mol. The molecule has 1 aliphatic heterocycles. The lowest BCUT2D eigenvalue weighted by Gasteiger charge is -2.29. The van der Waals surface area contributed by atoms with Crippen LogP contribution >= 0.6 is 11.3 Å². The van der Waals surface area contributed by atoms with Crippen molar-refractivity contribution in [2.75, 3.05) is 26.3 Å². The van der Waals surface area contributed by atoms with Crippen LogP contribution in [0.15, 0.2) is 53.5 Å². The second-order valence-corrected chi connectivity index (χ2v) is 8.13. The van der Waals surface area contributed by atoms with Crippen molar-refractivity contribution in [2.45, 2.75) is 19.9 Å². The van der Waals surface area contributed by atoms with Gasteiger partial charge in [0, 0.05) is 18.7 Å². The van der Waals surface area contributed by atoms with E-state index in [0.717, 1.165) is 15.8 Å². The lowest BCUT2D eigenvalue weighted by atomic mass is 10.1. The van der Waals surface area contributed by atoms with E-state index in [1.54, 1.807) is 12.1 Å². The molecule has 0 aliphatic carbocycles. The van der Waals surface area contributed by atoms with Crippen LogP contribution in [-0.4, -0.2) is 47.6 Å². The zero-order valence-corrected chi connectivity index (χ0v) is 17.3. The molecule has 0 bridgehead atoms. The third-order valence-corrected chi connectivity index (χ3v) is 6.13. The summed E-state index contributed by atoms with van der Waals surface area (Å²) in [5, 5.41) is 0. The quantitative estimate of drug-likeness (QED) is 0.667. The Morgan fingerprint density at radius 2 is 1.76 bits per heavy atom. The molecular formula is C22H23N3O3S. The molecule has 1 aliphatic rings. The summed E-state index contributed by atoms with van der Waals surface area (Å²) < 4.78 is 8.23. The van der Waals surface area contributed by atoms with Crippen molar-refractivity contribution in [3.05, 3.63) is 64.5 Å². The van der Waals surface area contributed by atoms with Gasteiger partial charge in [-0.2, -0.15) is 4.99 Å². The molecule has 7 heteroatoms. The van der Waals surface area contributed by atoms with E-state index in [4.69, 9.17) is 4.74 Å². The first-order chi connectivity index (χ1) is 14.0. The predicted octanol–water partition coefficient (Wildman–Crippen LogP) is 3.17. The smallest absolute Gasteiger partial charge is 0.279 e. The number of hydrogen-bond acceptors (Lipinski definition) is 4. The van der Waals surface area contributed by atoms with E-state index in [2.05, 4.69) is 4.99 Å². The summed E-state index contributed by atoms with van der Waals surface area (Å²) >= 11 is 1.42. The van der Waals surface area contributed by atoms with Crippen LogP contribution in [0.4, 0.5) is 0 Å². The zero-order chi connectivity index (χ0) is 20.4. The van der Waals surface area contributed by atoms with Gasteiger partial charge in [-0.1, -0.05) is 41.2 Å². The summed E-state index contributed by atoms with van der Waals surface area (Å²) in [5.41, 5.74) is 2.53. The minimum absolute atomic E-state index is 0.0149. The van der Waals surface area contributed by atoms with E-state index in [0.29, 0.717) is 36.7 Å². The third kappa shape index (κ3) is 4.02. The van der Waals surface area contributed by atoms with Crippen molar-refractivity contribution in [3.8, 4) is 0 Å². The van der Waals surface area contributed by atoms with Gasteiger partial charge in [0.25, 0.3) is 5.91 Å². The van der Waals surface area contributed by atoms with Crippen LogP contribution in [0.25, 0.3) is 10.2 Å². The highest BCUT2D eigenvalue weighted by atomic mass is 32.1. The highest BCUT2D eigenvalue weighted by Gasteiger charge is 2.26. The first-order valence-corrected chi connectivity index (χ1v) is 10.5. The summed E-state index contributed by atoms with van der Waals surface area (Å²) in [6.07, 6.45) is 0. The number of carbonyl (C=O) groups excluding carboxylic acids is 2. The fourth-order valence-electron chi connectivity index (χ4n) is 3.45. The summed E-state index contributed by atoms with van der Waals surface area (Å²) in [6, 6.07) is 14.7. The van der Waals surface area contributed by atoms with Crippen LogP contribution in [0.5, 0.6) is 0 Å². The van der Waals surface area contributed by atoms with Crippen LogP contribution in [-0.2, 0) is 9.53 Å². The Hall–Kier alpha value is -2.77. The molecule has 1 atom stereocenters.